The molecule has 7 nitrogen and oxygen atoms in total. The number of hydrogen-bond acceptors (Lipinski definition) is 5. The number of amides is 1. The Hall–Kier alpha value is -3.22. The Kier molecular flexibility index (Phi) is 4.07. The third-order valence-electron chi connectivity index (χ3n) is 5.59. The van der Waals surface area contributed by atoms with Crippen molar-refractivity contribution in [3.63, 3.8) is 0 Å². The topological polar surface area (TPSA) is 75.9 Å². The zero-order valence-electron chi connectivity index (χ0n) is 15.8. The molecule has 0 aliphatic carbocycles. The molecule has 2 aromatic heterocycles. The van der Waals surface area contributed by atoms with E-state index in [4.69, 9.17) is 0 Å². The van der Waals surface area contributed by atoms with E-state index in [9.17, 15) is 4.79 Å². The first-order valence-corrected chi connectivity index (χ1v) is 9.74. The van der Waals surface area contributed by atoms with Gasteiger partial charge in [-0.3, -0.25) is 4.79 Å². The minimum absolute atomic E-state index is 0.00414. The van der Waals surface area contributed by atoms with Crippen molar-refractivity contribution in [1.29, 1.82) is 0 Å². The van der Waals surface area contributed by atoms with Crippen LogP contribution in [0.2, 0.25) is 0 Å². The van der Waals surface area contributed by atoms with Gasteiger partial charge in [0.2, 0.25) is 5.91 Å². The molecule has 1 N–H and O–H groups in total. The lowest BCUT2D eigenvalue weighted by Gasteiger charge is -2.24. The summed E-state index contributed by atoms with van der Waals surface area (Å²) in [6.45, 7) is 4.03. The molecule has 142 valence electrons. The van der Waals surface area contributed by atoms with Crippen LogP contribution in [0.1, 0.15) is 42.0 Å². The predicted octanol–water partition coefficient (Wildman–Crippen LogP) is 3.05. The summed E-state index contributed by atoms with van der Waals surface area (Å²) in [5, 5.41) is 16.5. The molecule has 1 saturated heterocycles. The number of nitrogens with one attached hydrogen (secondary N) is 1. The molecule has 1 atom stereocenters. The molecule has 2 aliphatic rings. The molecule has 1 amide bonds. The SMILES string of the molecule is Cc1nn(-c2ccc(N3CCCC3)nn2)c2c1[C@H](c1ccccc1)CC(=O)N2. The lowest BCUT2D eigenvalue weighted by molar-refractivity contribution is -0.116. The van der Waals surface area contributed by atoms with Crippen molar-refractivity contribution in [1.82, 2.24) is 20.0 Å². The van der Waals surface area contributed by atoms with Crippen LogP contribution in [0.3, 0.4) is 0 Å². The van der Waals surface area contributed by atoms with E-state index in [0.717, 1.165) is 35.7 Å². The van der Waals surface area contributed by atoms with Gasteiger partial charge in [0.15, 0.2) is 11.6 Å². The molecule has 4 heterocycles. The number of aromatic nitrogens is 4. The number of aryl methyl sites for hydroxylation is 1. The van der Waals surface area contributed by atoms with Gasteiger partial charge in [0.05, 0.1) is 5.69 Å². The Balaban J connectivity index is 1.55. The van der Waals surface area contributed by atoms with E-state index in [1.54, 1.807) is 4.68 Å². The van der Waals surface area contributed by atoms with Crippen molar-refractivity contribution < 1.29 is 4.79 Å². The smallest absolute Gasteiger partial charge is 0.226 e. The summed E-state index contributed by atoms with van der Waals surface area (Å²) in [6.07, 6.45) is 2.81. The summed E-state index contributed by atoms with van der Waals surface area (Å²) in [5.41, 5.74) is 3.07. The number of benzene rings is 1. The first kappa shape index (κ1) is 16.9. The third-order valence-corrected chi connectivity index (χ3v) is 5.59. The summed E-state index contributed by atoms with van der Waals surface area (Å²) >= 11 is 0. The van der Waals surface area contributed by atoms with E-state index in [1.165, 1.54) is 12.8 Å². The highest BCUT2D eigenvalue weighted by Crippen LogP contribution is 2.39. The van der Waals surface area contributed by atoms with Crippen LogP contribution in [0.5, 0.6) is 0 Å². The lowest BCUT2D eigenvalue weighted by Crippen LogP contribution is -2.25. The van der Waals surface area contributed by atoms with Gasteiger partial charge < -0.3 is 10.2 Å². The maximum absolute atomic E-state index is 12.4. The first-order valence-electron chi connectivity index (χ1n) is 9.74. The number of fused-ring (bicyclic) bond motifs is 1. The van der Waals surface area contributed by atoms with E-state index in [-0.39, 0.29) is 11.8 Å². The quantitative estimate of drug-likeness (QED) is 0.763. The van der Waals surface area contributed by atoms with Crippen molar-refractivity contribution in [3.8, 4) is 5.82 Å². The number of carbonyl (C=O) groups excluding carboxylic acids is 1. The summed E-state index contributed by atoms with van der Waals surface area (Å²) in [7, 11) is 0. The second-order valence-corrected chi connectivity index (χ2v) is 7.42. The van der Waals surface area contributed by atoms with Crippen LogP contribution in [-0.4, -0.2) is 39.0 Å². The summed E-state index contributed by atoms with van der Waals surface area (Å²) in [5.74, 6) is 2.19. The minimum atomic E-state index is -0.0100. The van der Waals surface area contributed by atoms with Gasteiger partial charge >= 0.3 is 0 Å². The molecule has 7 heteroatoms. The van der Waals surface area contributed by atoms with Crippen LogP contribution < -0.4 is 10.2 Å². The van der Waals surface area contributed by atoms with Gasteiger partial charge in [-0.2, -0.15) is 9.78 Å². The standard InChI is InChI=1S/C21H22N6O/c1-14-20-16(15-7-3-2-4-8-15)13-19(28)22-21(20)27(25-14)18-10-9-17(23-24-18)26-11-5-6-12-26/h2-4,7-10,16H,5-6,11-13H2,1H3,(H,22,28)/t16-/m0/s1. The number of hydrogen-bond donors (Lipinski definition) is 1. The maximum Gasteiger partial charge on any atom is 0.226 e. The molecular formula is C21H22N6O. The van der Waals surface area contributed by atoms with Gasteiger partial charge in [-0.15, -0.1) is 10.2 Å². The van der Waals surface area contributed by atoms with Crippen molar-refractivity contribution in [2.24, 2.45) is 0 Å². The molecule has 0 radical (unpaired) electrons. The Labute approximate surface area is 163 Å². The van der Waals surface area contributed by atoms with Crippen LogP contribution in [-0.2, 0) is 4.79 Å². The van der Waals surface area contributed by atoms with E-state index >= 15 is 0 Å². The zero-order valence-corrected chi connectivity index (χ0v) is 15.8. The van der Waals surface area contributed by atoms with E-state index in [2.05, 4.69) is 37.6 Å². The molecule has 28 heavy (non-hydrogen) atoms. The molecule has 2 aliphatic heterocycles. The fourth-order valence-electron chi connectivity index (χ4n) is 4.23. The summed E-state index contributed by atoms with van der Waals surface area (Å²) in [6, 6.07) is 14.0. The fraction of sp³-hybridized carbons (Fsp3) is 0.333. The van der Waals surface area contributed by atoms with Crippen LogP contribution in [0.4, 0.5) is 11.6 Å². The van der Waals surface area contributed by atoms with Crippen molar-refractivity contribution >= 4 is 17.5 Å². The molecular weight excluding hydrogens is 352 g/mol. The van der Waals surface area contributed by atoms with E-state index in [0.29, 0.717) is 18.1 Å². The Morgan fingerprint density at radius 2 is 1.71 bits per heavy atom. The van der Waals surface area contributed by atoms with Gasteiger partial charge in [-0.05, 0) is 37.5 Å². The average molecular weight is 374 g/mol. The van der Waals surface area contributed by atoms with Crippen LogP contribution >= 0.6 is 0 Å². The normalized spacial score (nSPS) is 18.8. The number of carbonyl (C=O) groups is 1. The van der Waals surface area contributed by atoms with Crippen LogP contribution in [0, 0.1) is 6.92 Å². The van der Waals surface area contributed by atoms with E-state index < -0.39 is 0 Å². The highest BCUT2D eigenvalue weighted by Gasteiger charge is 2.32. The fourth-order valence-corrected chi connectivity index (χ4v) is 4.23. The highest BCUT2D eigenvalue weighted by molar-refractivity contribution is 5.95. The largest absolute Gasteiger partial charge is 0.355 e. The van der Waals surface area contributed by atoms with Gasteiger partial charge in [0.1, 0.15) is 5.82 Å². The van der Waals surface area contributed by atoms with Gasteiger partial charge in [-0.25, -0.2) is 0 Å². The minimum Gasteiger partial charge on any atom is -0.355 e. The predicted molar refractivity (Wildman–Crippen MR) is 107 cm³/mol. The summed E-state index contributed by atoms with van der Waals surface area (Å²) < 4.78 is 1.71. The summed E-state index contributed by atoms with van der Waals surface area (Å²) in [4.78, 5) is 14.7. The first-order chi connectivity index (χ1) is 13.7. The number of nitrogens with zero attached hydrogens (tertiary/aromatic N) is 5. The Bertz CT molecular complexity index is 1010. The molecule has 0 bridgehead atoms. The average Bonchev–Trinajstić information content (AvgIpc) is 3.37. The Morgan fingerprint density at radius 3 is 2.43 bits per heavy atom. The number of rotatable bonds is 3. The molecule has 0 spiro atoms. The second kappa shape index (κ2) is 6.74. The van der Waals surface area contributed by atoms with Gasteiger partial charge in [-0.1, -0.05) is 30.3 Å². The van der Waals surface area contributed by atoms with Crippen molar-refractivity contribution in [2.75, 3.05) is 23.3 Å². The van der Waals surface area contributed by atoms with Gasteiger partial charge in [0.25, 0.3) is 0 Å². The van der Waals surface area contributed by atoms with E-state index in [1.807, 2.05) is 37.3 Å². The molecule has 0 saturated carbocycles. The van der Waals surface area contributed by atoms with Gasteiger partial charge in [0, 0.05) is 31.0 Å². The highest BCUT2D eigenvalue weighted by atomic mass is 16.1. The molecule has 1 aromatic carbocycles. The van der Waals surface area contributed by atoms with Crippen LogP contribution in [0.25, 0.3) is 5.82 Å². The maximum atomic E-state index is 12.4. The zero-order chi connectivity index (χ0) is 19.1. The third kappa shape index (κ3) is 2.83. The molecule has 0 unspecified atom stereocenters. The monoisotopic (exact) mass is 374 g/mol. The molecule has 5 rings (SSSR count). The lowest BCUT2D eigenvalue weighted by atomic mass is 9.86. The van der Waals surface area contributed by atoms with Crippen LogP contribution in [0.15, 0.2) is 42.5 Å². The van der Waals surface area contributed by atoms with Crippen molar-refractivity contribution in [2.45, 2.75) is 32.1 Å². The molecule has 3 aromatic rings. The number of anilines is 2. The molecule has 1 fully saturated rings. The Morgan fingerprint density at radius 1 is 1.00 bits per heavy atom. The second-order valence-electron chi connectivity index (χ2n) is 7.42. The van der Waals surface area contributed by atoms with Crippen molar-refractivity contribution in [3.05, 3.63) is 59.3 Å².